The Morgan fingerprint density at radius 2 is 2.09 bits per heavy atom. The summed E-state index contributed by atoms with van der Waals surface area (Å²) in [6.07, 6.45) is 5.76. The zero-order chi connectivity index (χ0) is 8.32. The molecule has 0 amide bonds. The van der Waals surface area contributed by atoms with Crippen molar-refractivity contribution in [1.82, 2.24) is 5.32 Å². The second kappa shape index (κ2) is 3.40. The zero-order valence-corrected chi connectivity index (χ0v) is 7.85. The first-order chi connectivity index (χ1) is 5.15. The Labute approximate surface area is 69.9 Å². The molecule has 0 spiro atoms. The van der Waals surface area contributed by atoms with Gasteiger partial charge in [0.25, 0.3) is 0 Å². The van der Waals surface area contributed by atoms with Crippen molar-refractivity contribution in [3.05, 3.63) is 12.2 Å². The van der Waals surface area contributed by atoms with Gasteiger partial charge < -0.3 is 5.32 Å². The van der Waals surface area contributed by atoms with Crippen LogP contribution in [0.5, 0.6) is 0 Å². The van der Waals surface area contributed by atoms with E-state index >= 15 is 0 Å². The van der Waals surface area contributed by atoms with E-state index in [1.54, 1.807) is 0 Å². The van der Waals surface area contributed by atoms with Crippen LogP contribution in [0.4, 0.5) is 0 Å². The minimum absolute atomic E-state index is 0.465. The smallest absolute Gasteiger partial charge is 0.0135 e. The van der Waals surface area contributed by atoms with Gasteiger partial charge in [-0.25, -0.2) is 0 Å². The summed E-state index contributed by atoms with van der Waals surface area (Å²) < 4.78 is 0. The van der Waals surface area contributed by atoms with Crippen LogP contribution in [0.1, 0.15) is 27.2 Å². The SMILES string of the molecule is CC(C)C1(C)CC=CCNC1. The van der Waals surface area contributed by atoms with Gasteiger partial charge >= 0.3 is 0 Å². The second-order valence-electron chi connectivity index (χ2n) is 4.12. The largest absolute Gasteiger partial charge is 0.313 e. The maximum absolute atomic E-state index is 3.43. The number of hydrogen-bond donors (Lipinski definition) is 1. The Morgan fingerprint density at radius 3 is 2.73 bits per heavy atom. The molecule has 1 heterocycles. The van der Waals surface area contributed by atoms with E-state index in [2.05, 4.69) is 38.2 Å². The van der Waals surface area contributed by atoms with Crippen LogP contribution in [0.3, 0.4) is 0 Å². The molecule has 64 valence electrons. The fourth-order valence-electron chi connectivity index (χ4n) is 1.39. The standard InChI is InChI=1S/C10H19N/c1-9(2)10(3)6-4-5-7-11-8-10/h4-5,9,11H,6-8H2,1-3H3. The highest BCUT2D eigenvalue weighted by molar-refractivity contribution is 4.96. The normalized spacial score (nSPS) is 32.4. The first-order valence-corrected chi connectivity index (χ1v) is 4.51. The average molecular weight is 153 g/mol. The van der Waals surface area contributed by atoms with E-state index in [4.69, 9.17) is 0 Å². The molecule has 0 fully saturated rings. The third-order valence-corrected chi connectivity index (χ3v) is 2.94. The minimum atomic E-state index is 0.465. The van der Waals surface area contributed by atoms with E-state index in [1.807, 2.05) is 0 Å². The van der Waals surface area contributed by atoms with Crippen molar-refractivity contribution in [3.63, 3.8) is 0 Å². The average Bonchev–Trinajstić information content (AvgIpc) is 2.15. The molecule has 0 saturated heterocycles. The Hall–Kier alpha value is -0.300. The summed E-state index contributed by atoms with van der Waals surface area (Å²) in [5, 5.41) is 3.43. The molecule has 1 rings (SSSR count). The van der Waals surface area contributed by atoms with E-state index < -0.39 is 0 Å². The Kier molecular flexibility index (Phi) is 2.72. The van der Waals surface area contributed by atoms with Crippen LogP contribution in [0.25, 0.3) is 0 Å². The van der Waals surface area contributed by atoms with Gasteiger partial charge in [0.2, 0.25) is 0 Å². The molecule has 0 bridgehead atoms. The first-order valence-electron chi connectivity index (χ1n) is 4.51. The predicted molar refractivity (Wildman–Crippen MR) is 49.6 cm³/mol. The molecular formula is C10H19N. The van der Waals surface area contributed by atoms with E-state index in [9.17, 15) is 0 Å². The van der Waals surface area contributed by atoms with Crippen molar-refractivity contribution in [2.24, 2.45) is 11.3 Å². The highest BCUT2D eigenvalue weighted by atomic mass is 14.9. The van der Waals surface area contributed by atoms with Crippen LogP contribution in [-0.4, -0.2) is 13.1 Å². The molecule has 0 aliphatic carbocycles. The Bertz CT molecular complexity index is 149. The predicted octanol–water partition coefficient (Wildman–Crippen LogP) is 2.20. The van der Waals surface area contributed by atoms with Gasteiger partial charge in [-0.1, -0.05) is 32.9 Å². The monoisotopic (exact) mass is 153 g/mol. The molecule has 0 aromatic carbocycles. The fourth-order valence-corrected chi connectivity index (χ4v) is 1.39. The van der Waals surface area contributed by atoms with Crippen LogP contribution in [0, 0.1) is 11.3 Å². The molecule has 0 radical (unpaired) electrons. The highest BCUT2D eigenvalue weighted by Crippen LogP contribution is 2.31. The molecule has 1 atom stereocenters. The van der Waals surface area contributed by atoms with Crippen molar-refractivity contribution in [2.75, 3.05) is 13.1 Å². The summed E-state index contributed by atoms with van der Waals surface area (Å²) in [5.74, 6) is 0.762. The summed E-state index contributed by atoms with van der Waals surface area (Å²) in [7, 11) is 0. The lowest BCUT2D eigenvalue weighted by molar-refractivity contribution is 0.219. The van der Waals surface area contributed by atoms with Gasteiger partial charge in [0.1, 0.15) is 0 Å². The van der Waals surface area contributed by atoms with Crippen molar-refractivity contribution in [2.45, 2.75) is 27.2 Å². The fraction of sp³-hybridized carbons (Fsp3) is 0.800. The van der Waals surface area contributed by atoms with Gasteiger partial charge in [-0.05, 0) is 17.8 Å². The van der Waals surface area contributed by atoms with Crippen LogP contribution in [0.2, 0.25) is 0 Å². The molecular weight excluding hydrogens is 134 g/mol. The second-order valence-corrected chi connectivity index (χ2v) is 4.12. The lowest BCUT2D eigenvalue weighted by Crippen LogP contribution is -2.34. The third-order valence-electron chi connectivity index (χ3n) is 2.94. The lowest BCUT2D eigenvalue weighted by atomic mass is 9.76. The van der Waals surface area contributed by atoms with Crippen LogP contribution < -0.4 is 5.32 Å². The topological polar surface area (TPSA) is 12.0 Å². The summed E-state index contributed by atoms with van der Waals surface area (Å²) in [6, 6.07) is 0. The molecule has 0 aromatic rings. The van der Waals surface area contributed by atoms with Crippen molar-refractivity contribution < 1.29 is 0 Å². The number of rotatable bonds is 1. The van der Waals surface area contributed by atoms with Gasteiger partial charge in [-0.3, -0.25) is 0 Å². The molecule has 1 heteroatoms. The molecule has 1 aliphatic rings. The Morgan fingerprint density at radius 1 is 1.36 bits per heavy atom. The van der Waals surface area contributed by atoms with Gasteiger partial charge in [0, 0.05) is 13.1 Å². The number of allylic oxidation sites excluding steroid dienone is 1. The van der Waals surface area contributed by atoms with E-state index in [1.165, 1.54) is 6.42 Å². The van der Waals surface area contributed by atoms with Crippen LogP contribution in [-0.2, 0) is 0 Å². The molecule has 1 aliphatic heterocycles. The molecule has 1 N–H and O–H groups in total. The van der Waals surface area contributed by atoms with Crippen molar-refractivity contribution in [1.29, 1.82) is 0 Å². The first kappa shape index (κ1) is 8.79. The van der Waals surface area contributed by atoms with Crippen LogP contribution >= 0.6 is 0 Å². The van der Waals surface area contributed by atoms with Crippen molar-refractivity contribution >= 4 is 0 Å². The quantitative estimate of drug-likeness (QED) is 0.569. The third kappa shape index (κ3) is 2.06. The van der Waals surface area contributed by atoms with Gasteiger partial charge in [0.15, 0.2) is 0 Å². The van der Waals surface area contributed by atoms with Crippen molar-refractivity contribution in [3.8, 4) is 0 Å². The molecule has 0 saturated carbocycles. The van der Waals surface area contributed by atoms with Gasteiger partial charge in [-0.2, -0.15) is 0 Å². The maximum atomic E-state index is 3.43. The Balaban J connectivity index is 2.60. The lowest BCUT2D eigenvalue weighted by Gasteiger charge is -2.31. The highest BCUT2D eigenvalue weighted by Gasteiger charge is 2.27. The molecule has 1 unspecified atom stereocenters. The summed E-state index contributed by atoms with van der Waals surface area (Å²) in [5.41, 5.74) is 0.465. The summed E-state index contributed by atoms with van der Waals surface area (Å²) in [6.45, 7) is 9.17. The molecule has 11 heavy (non-hydrogen) atoms. The van der Waals surface area contributed by atoms with Gasteiger partial charge in [0.05, 0.1) is 0 Å². The summed E-state index contributed by atoms with van der Waals surface area (Å²) in [4.78, 5) is 0. The van der Waals surface area contributed by atoms with E-state index in [-0.39, 0.29) is 0 Å². The van der Waals surface area contributed by atoms with Gasteiger partial charge in [-0.15, -0.1) is 0 Å². The van der Waals surface area contributed by atoms with E-state index in [0.717, 1.165) is 19.0 Å². The minimum Gasteiger partial charge on any atom is -0.313 e. The molecule has 1 nitrogen and oxygen atoms in total. The molecule has 0 aromatic heterocycles. The summed E-state index contributed by atoms with van der Waals surface area (Å²) >= 11 is 0. The zero-order valence-electron chi connectivity index (χ0n) is 7.85. The van der Waals surface area contributed by atoms with E-state index in [0.29, 0.717) is 5.41 Å². The number of nitrogens with one attached hydrogen (secondary N) is 1. The van der Waals surface area contributed by atoms with Crippen LogP contribution in [0.15, 0.2) is 12.2 Å². The number of hydrogen-bond acceptors (Lipinski definition) is 1. The maximum Gasteiger partial charge on any atom is 0.0135 e.